The average molecular weight is 318 g/mol. The lowest BCUT2D eigenvalue weighted by Crippen LogP contribution is -1.98. The highest BCUT2D eigenvalue weighted by molar-refractivity contribution is 9.10. The van der Waals surface area contributed by atoms with Crippen LogP contribution in [-0.2, 0) is 6.61 Å². The van der Waals surface area contributed by atoms with Gasteiger partial charge in [0, 0.05) is 16.1 Å². The van der Waals surface area contributed by atoms with Crippen LogP contribution in [0.15, 0.2) is 46.9 Å². The number of ether oxygens (including phenoxy) is 2. The van der Waals surface area contributed by atoms with E-state index in [0.29, 0.717) is 23.7 Å². The largest absolute Gasteiger partial charge is 0.497 e. The summed E-state index contributed by atoms with van der Waals surface area (Å²) in [5.74, 6) is 1.19. The number of benzene rings is 2. The normalized spacial score (nSPS) is 9.74. The van der Waals surface area contributed by atoms with E-state index in [-0.39, 0.29) is 0 Å². The van der Waals surface area contributed by atoms with Gasteiger partial charge in [0.2, 0.25) is 0 Å². The summed E-state index contributed by atoms with van der Waals surface area (Å²) in [4.78, 5) is 0. The van der Waals surface area contributed by atoms with Gasteiger partial charge in [0.05, 0.1) is 12.7 Å². The van der Waals surface area contributed by atoms with Gasteiger partial charge in [-0.3, -0.25) is 0 Å². The molecular weight excluding hydrogens is 306 g/mol. The second-order valence-electron chi connectivity index (χ2n) is 3.85. The van der Waals surface area contributed by atoms with Crippen LogP contribution in [0.4, 0.5) is 0 Å². The molecule has 19 heavy (non-hydrogen) atoms. The molecule has 0 unspecified atom stereocenters. The first-order valence-corrected chi connectivity index (χ1v) is 6.48. The minimum absolute atomic E-state index is 0.392. The van der Waals surface area contributed by atoms with Crippen molar-refractivity contribution in [2.24, 2.45) is 0 Å². The molecule has 96 valence electrons. The van der Waals surface area contributed by atoms with Crippen molar-refractivity contribution >= 4 is 15.9 Å². The standard InChI is InChI=1S/C15H12BrNO2/c1-18-13-7-6-11(9-17)15(8-13)19-10-12-4-2-3-5-14(12)16/h2-8H,10H2,1H3. The maximum absolute atomic E-state index is 9.05. The van der Waals surface area contributed by atoms with Gasteiger partial charge in [-0.1, -0.05) is 34.1 Å². The van der Waals surface area contributed by atoms with Gasteiger partial charge >= 0.3 is 0 Å². The summed E-state index contributed by atoms with van der Waals surface area (Å²) < 4.78 is 11.8. The van der Waals surface area contributed by atoms with Gasteiger partial charge in [0.25, 0.3) is 0 Å². The third-order valence-electron chi connectivity index (χ3n) is 2.65. The molecule has 0 spiro atoms. The molecule has 2 aromatic rings. The van der Waals surface area contributed by atoms with Crippen molar-refractivity contribution in [2.45, 2.75) is 6.61 Å². The van der Waals surface area contributed by atoms with E-state index in [0.717, 1.165) is 10.0 Å². The third-order valence-corrected chi connectivity index (χ3v) is 3.42. The van der Waals surface area contributed by atoms with Crippen LogP contribution in [0.25, 0.3) is 0 Å². The number of rotatable bonds is 4. The number of hydrogen-bond donors (Lipinski definition) is 0. The van der Waals surface area contributed by atoms with Gasteiger partial charge in [-0.25, -0.2) is 0 Å². The quantitative estimate of drug-likeness (QED) is 0.858. The first-order valence-electron chi connectivity index (χ1n) is 5.69. The lowest BCUT2D eigenvalue weighted by Gasteiger charge is -2.10. The van der Waals surface area contributed by atoms with Gasteiger partial charge < -0.3 is 9.47 Å². The fraction of sp³-hybridized carbons (Fsp3) is 0.133. The first kappa shape index (κ1) is 13.4. The summed E-state index contributed by atoms with van der Waals surface area (Å²) in [5, 5.41) is 9.05. The van der Waals surface area contributed by atoms with Crippen LogP contribution in [0.1, 0.15) is 11.1 Å². The summed E-state index contributed by atoms with van der Waals surface area (Å²) in [6.45, 7) is 0.392. The van der Waals surface area contributed by atoms with E-state index in [1.54, 1.807) is 25.3 Å². The molecule has 0 saturated heterocycles. The molecule has 0 fully saturated rings. The van der Waals surface area contributed by atoms with Crippen LogP contribution in [-0.4, -0.2) is 7.11 Å². The fourth-order valence-corrected chi connectivity index (χ4v) is 2.01. The van der Waals surface area contributed by atoms with Gasteiger partial charge in [-0.15, -0.1) is 0 Å². The van der Waals surface area contributed by atoms with Crippen molar-refractivity contribution in [3.05, 3.63) is 58.1 Å². The van der Waals surface area contributed by atoms with Gasteiger partial charge in [0.1, 0.15) is 24.2 Å². The van der Waals surface area contributed by atoms with Crippen LogP contribution in [0.3, 0.4) is 0 Å². The fourth-order valence-electron chi connectivity index (χ4n) is 1.61. The Hall–Kier alpha value is -1.99. The Balaban J connectivity index is 2.19. The molecule has 0 radical (unpaired) electrons. The molecule has 3 nitrogen and oxygen atoms in total. The number of halogens is 1. The van der Waals surface area contributed by atoms with E-state index >= 15 is 0 Å². The molecular formula is C15H12BrNO2. The molecule has 2 rings (SSSR count). The van der Waals surface area contributed by atoms with Crippen molar-refractivity contribution in [1.82, 2.24) is 0 Å². The first-order chi connectivity index (χ1) is 9.24. The SMILES string of the molecule is COc1ccc(C#N)c(OCc2ccccc2Br)c1. The number of methoxy groups -OCH3 is 1. The van der Waals surface area contributed by atoms with Crippen LogP contribution >= 0.6 is 15.9 Å². The van der Waals surface area contributed by atoms with Crippen molar-refractivity contribution in [3.8, 4) is 17.6 Å². The Kier molecular flexibility index (Phi) is 4.43. The summed E-state index contributed by atoms with van der Waals surface area (Å²) in [7, 11) is 1.58. The molecule has 2 aromatic carbocycles. The van der Waals surface area contributed by atoms with Crippen molar-refractivity contribution in [3.63, 3.8) is 0 Å². The summed E-state index contributed by atoms with van der Waals surface area (Å²) in [5.41, 5.74) is 1.52. The minimum atomic E-state index is 0.392. The Morgan fingerprint density at radius 3 is 2.68 bits per heavy atom. The minimum Gasteiger partial charge on any atom is -0.497 e. The Morgan fingerprint density at radius 1 is 1.21 bits per heavy atom. The molecule has 4 heteroatoms. The Bertz CT molecular complexity index is 620. The second-order valence-corrected chi connectivity index (χ2v) is 4.71. The zero-order valence-electron chi connectivity index (χ0n) is 10.4. The Morgan fingerprint density at radius 2 is 2.00 bits per heavy atom. The van der Waals surface area contributed by atoms with Crippen LogP contribution in [0.5, 0.6) is 11.5 Å². The summed E-state index contributed by atoms with van der Waals surface area (Å²) in [6, 6.07) is 15.1. The third kappa shape index (κ3) is 3.27. The van der Waals surface area contributed by atoms with Crippen molar-refractivity contribution < 1.29 is 9.47 Å². The number of hydrogen-bond acceptors (Lipinski definition) is 3. The van der Waals surface area contributed by atoms with E-state index in [1.165, 1.54) is 0 Å². The Labute approximate surface area is 120 Å². The van der Waals surface area contributed by atoms with Crippen LogP contribution in [0, 0.1) is 11.3 Å². The highest BCUT2D eigenvalue weighted by Crippen LogP contribution is 2.26. The van der Waals surface area contributed by atoms with Gasteiger partial charge in [0.15, 0.2) is 0 Å². The predicted molar refractivity (Wildman–Crippen MR) is 76.2 cm³/mol. The van der Waals surface area contributed by atoms with Crippen molar-refractivity contribution in [2.75, 3.05) is 7.11 Å². The highest BCUT2D eigenvalue weighted by atomic mass is 79.9. The molecule has 0 aliphatic rings. The summed E-state index contributed by atoms with van der Waals surface area (Å²) in [6.07, 6.45) is 0. The van der Waals surface area contributed by atoms with Crippen LogP contribution < -0.4 is 9.47 Å². The lowest BCUT2D eigenvalue weighted by molar-refractivity contribution is 0.302. The molecule has 0 aliphatic carbocycles. The smallest absolute Gasteiger partial charge is 0.141 e. The van der Waals surface area contributed by atoms with E-state index < -0.39 is 0 Å². The molecule has 0 aromatic heterocycles. The van der Waals surface area contributed by atoms with Gasteiger partial charge in [-0.2, -0.15) is 5.26 Å². The molecule has 0 aliphatic heterocycles. The zero-order valence-corrected chi connectivity index (χ0v) is 12.0. The number of nitrogens with zero attached hydrogens (tertiary/aromatic N) is 1. The van der Waals surface area contributed by atoms with E-state index in [9.17, 15) is 0 Å². The monoisotopic (exact) mass is 317 g/mol. The lowest BCUT2D eigenvalue weighted by atomic mass is 10.2. The van der Waals surface area contributed by atoms with Crippen molar-refractivity contribution in [1.29, 1.82) is 5.26 Å². The molecule has 0 saturated carbocycles. The van der Waals surface area contributed by atoms with E-state index in [4.69, 9.17) is 14.7 Å². The second kappa shape index (κ2) is 6.26. The van der Waals surface area contributed by atoms with E-state index in [2.05, 4.69) is 22.0 Å². The van der Waals surface area contributed by atoms with Crippen LogP contribution in [0.2, 0.25) is 0 Å². The van der Waals surface area contributed by atoms with E-state index in [1.807, 2.05) is 24.3 Å². The predicted octanol–water partition coefficient (Wildman–Crippen LogP) is 3.91. The highest BCUT2D eigenvalue weighted by Gasteiger charge is 2.07. The maximum Gasteiger partial charge on any atom is 0.141 e. The molecule has 0 N–H and O–H groups in total. The molecule has 0 heterocycles. The molecule has 0 bridgehead atoms. The average Bonchev–Trinajstić information content (AvgIpc) is 2.46. The maximum atomic E-state index is 9.05. The zero-order chi connectivity index (χ0) is 13.7. The molecule has 0 amide bonds. The molecule has 0 atom stereocenters. The number of nitriles is 1. The topological polar surface area (TPSA) is 42.2 Å². The van der Waals surface area contributed by atoms with Gasteiger partial charge in [-0.05, 0) is 18.2 Å². The summed E-state index contributed by atoms with van der Waals surface area (Å²) >= 11 is 3.46.